The molecule has 5 rings (SSSR count). The van der Waals surface area contributed by atoms with Crippen LogP contribution in [0.1, 0.15) is 66.8 Å². The van der Waals surface area contributed by atoms with Crippen LogP contribution in [0, 0.1) is 5.92 Å². The molecule has 196 valence electrons. The molecular formula is C31H39N3O3. The van der Waals surface area contributed by atoms with E-state index in [9.17, 15) is 14.7 Å². The second-order valence-corrected chi connectivity index (χ2v) is 11.1. The zero-order valence-electron chi connectivity index (χ0n) is 22.2. The molecule has 2 aromatic carbocycles. The molecule has 2 heterocycles. The normalized spacial score (nSPS) is 19.2. The fourth-order valence-electron chi connectivity index (χ4n) is 6.55. The van der Waals surface area contributed by atoms with Gasteiger partial charge in [0.2, 0.25) is 5.91 Å². The highest BCUT2D eigenvalue weighted by Crippen LogP contribution is 2.44. The number of likely N-dealkylation sites (tertiary alicyclic amines) is 1. The third-order valence-electron chi connectivity index (χ3n) is 8.38. The number of hydrogen-bond donors (Lipinski definition) is 1. The average Bonchev–Trinajstić information content (AvgIpc) is 3.23. The van der Waals surface area contributed by atoms with Crippen LogP contribution >= 0.6 is 0 Å². The van der Waals surface area contributed by atoms with Crippen molar-refractivity contribution in [3.63, 3.8) is 0 Å². The summed E-state index contributed by atoms with van der Waals surface area (Å²) >= 11 is 0. The standard InChI is InChI=1S/C31H39N3O3/c1-32-17-9-10-22(19-32)20-33(2)28(35)21-34-27-18-25(31(36)37)15-16-26(27)29(23-11-5-3-6-12-23)30(34)24-13-7-4-8-14-24/h4,7-8,13-16,18,22-23H,3,5-6,9-12,17,19-21H2,1-2H3,(H,36,37)/t22-/m1/s1. The maximum Gasteiger partial charge on any atom is 0.335 e. The van der Waals surface area contributed by atoms with Gasteiger partial charge in [0, 0.05) is 25.5 Å². The Balaban J connectivity index is 1.58. The van der Waals surface area contributed by atoms with Crippen LogP contribution in [0.25, 0.3) is 22.2 Å². The van der Waals surface area contributed by atoms with Crippen molar-refractivity contribution in [2.45, 2.75) is 57.4 Å². The van der Waals surface area contributed by atoms with Crippen LogP contribution in [0.4, 0.5) is 0 Å². The van der Waals surface area contributed by atoms with Crippen molar-refractivity contribution >= 4 is 22.8 Å². The molecule has 0 bridgehead atoms. The topological polar surface area (TPSA) is 65.8 Å². The summed E-state index contributed by atoms with van der Waals surface area (Å²) in [6.07, 6.45) is 8.25. The first kappa shape index (κ1) is 25.5. The van der Waals surface area contributed by atoms with Gasteiger partial charge in [-0.2, -0.15) is 0 Å². The van der Waals surface area contributed by atoms with Gasteiger partial charge in [0.15, 0.2) is 0 Å². The number of carboxylic acids is 1. The Kier molecular flexibility index (Phi) is 7.65. The molecule has 37 heavy (non-hydrogen) atoms. The number of rotatable bonds is 7. The second-order valence-electron chi connectivity index (χ2n) is 11.1. The molecule has 0 radical (unpaired) electrons. The Bertz CT molecular complexity index is 1260. The molecule has 1 saturated heterocycles. The number of aromatic carboxylic acids is 1. The quantitative estimate of drug-likeness (QED) is 0.441. The molecular weight excluding hydrogens is 462 g/mol. The van der Waals surface area contributed by atoms with Crippen LogP contribution in [0.2, 0.25) is 0 Å². The van der Waals surface area contributed by atoms with Crippen molar-refractivity contribution in [3.05, 3.63) is 59.7 Å². The van der Waals surface area contributed by atoms with Gasteiger partial charge in [0.25, 0.3) is 0 Å². The van der Waals surface area contributed by atoms with Crippen molar-refractivity contribution in [1.82, 2.24) is 14.4 Å². The zero-order valence-corrected chi connectivity index (χ0v) is 22.2. The number of nitrogens with zero attached hydrogens (tertiary/aromatic N) is 3. The van der Waals surface area contributed by atoms with Crippen LogP contribution in [0.3, 0.4) is 0 Å². The SMILES string of the molecule is CN1CCC[C@@H](CN(C)C(=O)Cn2c(-c3ccccc3)c(C3CCCCC3)c3ccc(C(=O)O)cc32)C1. The van der Waals surface area contributed by atoms with Crippen LogP contribution < -0.4 is 0 Å². The van der Waals surface area contributed by atoms with Crippen molar-refractivity contribution < 1.29 is 14.7 Å². The number of amides is 1. The van der Waals surface area contributed by atoms with Gasteiger partial charge in [-0.1, -0.05) is 55.7 Å². The van der Waals surface area contributed by atoms with E-state index < -0.39 is 5.97 Å². The predicted octanol–water partition coefficient (Wildman–Crippen LogP) is 5.85. The molecule has 6 nitrogen and oxygen atoms in total. The minimum absolute atomic E-state index is 0.0678. The van der Waals surface area contributed by atoms with E-state index in [1.165, 1.54) is 31.2 Å². The number of carbonyl (C=O) groups is 2. The van der Waals surface area contributed by atoms with E-state index in [4.69, 9.17) is 0 Å². The summed E-state index contributed by atoms with van der Waals surface area (Å²) in [4.78, 5) is 29.8. The summed E-state index contributed by atoms with van der Waals surface area (Å²) in [7, 11) is 4.06. The Hall–Kier alpha value is -3.12. The van der Waals surface area contributed by atoms with Gasteiger partial charge in [-0.25, -0.2) is 4.79 Å². The van der Waals surface area contributed by atoms with E-state index in [2.05, 4.69) is 28.6 Å². The number of likely N-dealkylation sites (N-methyl/N-ethyl adjacent to an activating group) is 1. The highest BCUT2D eigenvalue weighted by molar-refractivity contribution is 5.99. The van der Waals surface area contributed by atoms with Gasteiger partial charge >= 0.3 is 5.97 Å². The summed E-state index contributed by atoms with van der Waals surface area (Å²) in [6.45, 7) is 3.10. The average molecular weight is 502 g/mol. The molecule has 0 unspecified atom stereocenters. The minimum Gasteiger partial charge on any atom is -0.478 e. The number of carbonyl (C=O) groups excluding carboxylic acids is 1. The number of aromatic nitrogens is 1. The lowest BCUT2D eigenvalue weighted by Crippen LogP contribution is -2.40. The van der Waals surface area contributed by atoms with E-state index in [-0.39, 0.29) is 18.0 Å². The van der Waals surface area contributed by atoms with Crippen molar-refractivity contribution in [2.24, 2.45) is 5.92 Å². The molecule has 1 aliphatic heterocycles. The molecule has 6 heteroatoms. The first-order valence-corrected chi connectivity index (χ1v) is 13.8. The van der Waals surface area contributed by atoms with Gasteiger partial charge < -0.3 is 19.5 Å². The minimum atomic E-state index is -0.944. The predicted molar refractivity (Wildman–Crippen MR) is 148 cm³/mol. The zero-order chi connectivity index (χ0) is 25.9. The third kappa shape index (κ3) is 5.45. The second kappa shape index (κ2) is 11.1. The lowest BCUT2D eigenvalue weighted by molar-refractivity contribution is -0.131. The number of piperidine rings is 1. The molecule has 2 aliphatic rings. The van der Waals surface area contributed by atoms with Gasteiger partial charge in [-0.15, -0.1) is 0 Å². The molecule has 1 aromatic heterocycles. The van der Waals surface area contributed by atoms with Gasteiger partial charge in [0.1, 0.15) is 6.54 Å². The Morgan fingerprint density at radius 3 is 2.46 bits per heavy atom. The van der Waals surface area contributed by atoms with Gasteiger partial charge in [0.05, 0.1) is 16.8 Å². The summed E-state index contributed by atoms with van der Waals surface area (Å²) in [6, 6.07) is 15.8. The molecule has 1 N–H and O–H groups in total. The molecule has 1 aliphatic carbocycles. The Morgan fingerprint density at radius 1 is 1.00 bits per heavy atom. The van der Waals surface area contributed by atoms with E-state index in [0.717, 1.165) is 61.1 Å². The Labute approximate surface area is 219 Å². The number of carboxylic acid groups (broad SMARTS) is 1. The summed E-state index contributed by atoms with van der Waals surface area (Å²) in [5, 5.41) is 10.8. The third-order valence-corrected chi connectivity index (χ3v) is 8.38. The summed E-state index contributed by atoms with van der Waals surface area (Å²) in [5.74, 6) is 0.0197. The van der Waals surface area contributed by atoms with Crippen molar-refractivity contribution in [3.8, 4) is 11.3 Å². The smallest absolute Gasteiger partial charge is 0.335 e. The monoisotopic (exact) mass is 501 g/mol. The van der Waals surface area contributed by atoms with E-state index in [0.29, 0.717) is 11.8 Å². The molecule has 1 saturated carbocycles. The van der Waals surface area contributed by atoms with E-state index in [1.807, 2.05) is 36.2 Å². The van der Waals surface area contributed by atoms with Crippen LogP contribution in [0.5, 0.6) is 0 Å². The molecule has 2 fully saturated rings. The summed E-state index contributed by atoms with van der Waals surface area (Å²) in [5.41, 5.74) is 4.54. The van der Waals surface area contributed by atoms with E-state index >= 15 is 0 Å². The van der Waals surface area contributed by atoms with Crippen molar-refractivity contribution in [2.75, 3.05) is 33.7 Å². The maximum absolute atomic E-state index is 13.7. The first-order valence-electron chi connectivity index (χ1n) is 13.8. The van der Waals surface area contributed by atoms with Crippen molar-refractivity contribution in [1.29, 1.82) is 0 Å². The fraction of sp³-hybridized carbons (Fsp3) is 0.484. The number of hydrogen-bond acceptors (Lipinski definition) is 3. The van der Waals surface area contributed by atoms with E-state index in [1.54, 1.807) is 12.1 Å². The van der Waals surface area contributed by atoms with Crippen LogP contribution in [0.15, 0.2) is 48.5 Å². The molecule has 1 amide bonds. The lowest BCUT2D eigenvalue weighted by Gasteiger charge is -2.32. The number of fused-ring (bicyclic) bond motifs is 1. The first-order chi connectivity index (χ1) is 17.9. The van der Waals surface area contributed by atoms with Crippen LogP contribution in [-0.4, -0.2) is 65.1 Å². The van der Waals surface area contributed by atoms with Gasteiger partial charge in [-0.05, 0) is 74.4 Å². The molecule has 0 spiro atoms. The number of benzene rings is 2. The molecule has 3 aromatic rings. The highest BCUT2D eigenvalue weighted by atomic mass is 16.4. The maximum atomic E-state index is 13.7. The van der Waals surface area contributed by atoms with Crippen LogP contribution in [-0.2, 0) is 11.3 Å². The summed E-state index contributed by atoms with van der Waals surface area (Å²) < 4.78 is 2.10. The Morgan fingerprint density at radius 2 is 1.76 bits per heavy atom. The fourth-order valence-corrected chi connectivity index (χ4v) is 6.55. The highest BCUT2D eigenvalue weighted by Gasteiger charge is 2.29. The largest absolute Gasteiger partial charge is 0.478 e. The lowest BCUT2D eigenvalue weighted by atomic mass is 9.82. The van der Waals surface area contributed by atoms with Gasteiger partial charge in [-0.3, -0.25) is 4.79 Å². The molecule has 1 atom stereocenters.